The second-order valence-corrected chi connectivity index (χ2v) is 7.90. The number of hydrogen-bond donors (Lipinski definition) is 1. The number of nitrogens with zero attached hydrogens (tertiary/aromatic N) is 2. The summed E-state index contributed by atoms with van der Waals surface area (Å²) in [6, 6.07) is 27.6. The Morgan fingerprint density at radius 3 is 2.39 bits per heavy atom. The van der Waals surface area contributed by atoms with Gasteiger partial charge in [-0.15, -0.1) is 0 Å². The minimum Gasteiger partial charge on any atom is -0.486 e. The third-order valence-corrected chi connectivity index (χ3v) is 5.64. The summed E-state index contributed by atoms with van der Waals surface area (Å²) in [5.41, 5.74) is 2.05. The zero-order chi connectivity index (χ0) is 21.3. The highest BCUT2D eigenvalue weighted by Crippen LogP contribution is 2.25. The first kappa shape index (κ1) is 20.9. The lowest BCUT2D eigenvalue weighted by molar-refractivity contribution is -0.118. The molecule has 0 aliphatic carbocycles. The molecule has 0 aliphatic rings. The summed E-state index contributed by atoms with van der Waals surface area (Å²) >= 11 is 1.42. The van der Waals surface area contributed by atoms with Crippen molar-refractivity contribution >= 4 is 28.6 Å². The molecule has 1 N–H and O–H groups in total. The fraction of sp³-hybridized carbons (Fsp3) is 0.160. The van der Waals surface area contributed by atoms with E-state index in [1.165, 1.54) is 17.3 Å². The Morgan fingerprint density at radius 1 is 0.871 bits per heavy atom. The molecule has 0 unspecified atom stereocenters. The molecule has 0 radical (unpaired) electrons. The van der Waals surface area contributed by atoms with Gasteiger partial charge in [-0.3, -0.25) is 4.79 Å². The number of nitrogens with one attached hydrogen (secondary N) is 1. The predicted molar refractivity (Wildman–Crippen MR) is 124 cm³/mol. The van der Waals surface area contributed by atoms with Gasteiger partial charge in [0.05, 0.1) is 11.3 Å². The van der Waals surface area contributed by atoms with Crippen molar-refractivity contribution < 1.29 is 9.53 Å². The van der Waals surface area contributed by atoms with Gasteiger partial charge >= 0.3 is 0 Å². The van der Waals surface area contributed by atoms with Gasteiger partial charge in [-0.2, -0.15) is 0 Å². The number of rotatable bonds is 9. The quantitative estimate of drug-likeness (QED) is 0.310. The molecule has 1 aromatic heterocycles. The van der Waals surface area contributed by atoms with E-state index in [1.54, 1.807) is 0 Å². The van der Waals surface area contributed by atoms with Crippen LogP contribution in [0.25, 0.3) is 10.9 Å². The second-order valence-electron chi connectivity index (χ2n) is 6.94. The number of hydrogen-bond acceptors (Lipinski definition) is 5. The Balaban J connectivity index is 1.38. The van der Waals surface area contributed by atoms with E-state index >= 15 is 0 Å². The van der Waals surface area contributed by atoms with Gasteiger partial charge in [0.1, 0.15) is 17.4 Å². The Labute approximate surface area is 185 Å². The third kappa shape index (κ3) is 6.06. The molecule has 0 aliphatic heterocycles. The number of benzene rings is 3. The molecule has 4 aromatic rings. The smallest absolute Gasteiger partial charge is 0.230 e. The number of thioether (sulfide) groups is 1. The number of ether oxygens (including phenoxy) is 1. The number of carbonyl (C=O) groups is 1. The summed E-state index contributed by atoms with van der Waals surface area (Å²) in [6.45, 7) is 0.885. The largest absolute Gasteiger partial charge is 0.486 e. The van der Waals surface area contributed by atoms with Gasteiger partial charge in [0.2, 0.25) is 5.91 Å². The summed E-state index contributed by atoms with van der Waals surface area (Å²) in [5.74, 6) is 1.65. The molecule has 0 saturated carbocycles. The topological polar surface area (TPSA) is 64.1 Å². The van der Waals surface area contributed by atoms with Crippen LogP contribution in [0.1, 0.15) is 11.4 Å². The standard InChI is InChI=1S/C25H23N3O2S/c29-24(26-16-15-19-9-3-1-4-10-19)18-31-25-21-13-7-8-14-22(21)27-23(28-25)17-30-20-11-5-2-6-12-20/h1-14H,15-18H2,(H,26,29). The van der Waals surface area contributed by atoms with Crippen LogP contribution in [-0.4, -0.2) is 28.2 Å². The van der Waals surface area contributed by atoms with E-state index in [1.807, 2.05) is 72.8 Å². The first-order valence-corrected chi connectivity index (χ1v) is 11.1. The summed E-state index contributed by atoms with van der Waals surface area (Å²) < 4.78 is 5.80. The zero-order valence-corrected chi connectivity index (χ0v) is 17.8. The van der Waals surface area contributed by atoms with E-state index in [-0.39, 0.29) is 12.5 Å². The Morgan fingerprint density at radius 2 is 1.58 bits per heavy atom. The fourth-order valence-electron chi connectivity index (χ4n) is 3.11. The van der Waals surface area contributed by atoms with E-state index in [4.69, 9.17) is 4.74 Å². The summed E-state index contributed by atoms with van der Waals surface area (Å²) in [4.78, 5) is 21.6. The molecule has 156 valence electrons. The number of para-hydroxylation sites is 2. The highest BCUT2D eigenvalue weighted by Gasteiger charge is 2.11. The van der Waals surface area contributed by atoms with Crippen LogP contribution < -0.4 is 10.1 Å². The first-order valence-electron chi connectivity index (χ1n) is 10.1. The van der Waals surface area contributed by atoms with Crippen molar-refractivity contribution in [1.82, 2.24) is 15.3 Å². The molecule has 3 aromatic carbocycles. The average Bonchev–Trinajstić information content (AvgIpc) is 2.82. The van der Waals surface area contributed by atoms with Crippen molar-refractivity contribution in [3.63, 3.8) is 0 Å². The highest BCUT2D eigenvalue weighted by molar-refractivity contribution is 8.00. The summed E-state index contributed by atoms with van der Waals surface area (Å²) in [7, 11) is 0. The second kappa shape index (κ2) is 10.6. The average molecular weight is 430 g/mol. The molecule has 0 bridgehead atoms. The molecule has 1 amide bonds. The molecular weight excluding hydrogens is 406 g/mol. The monoisotopic (exact) mass is 429 g/mol. The van der Waals surface area contributed by atoms with Crippen molar-refractivity contribution in [2.45, 2.75) is 18.1 Å². The lowest BCUT2D eigenvalue weighted by Crippen LogP contribution is -2.27. The van der Waals surface area contributed by atoms with Crippen molar-refractivity contribution in [3.05, 3.63) is 96.3 Å². The van der Waals surface area contributed by atoms with Crippen LogP contribution in [0.5, 0.6) is 5.75 Å². The van der Waals surface area contributed by atoms with E-state index in [2.05, 4.69) is 27.4 Å². The number of fused-ring (bicyclic) bond motifs is 1. The van der Waals surface area contributed by atoms with Crippen LogP contribution >= 0.6 is 11.8 Å². The van der Waals surface area contributed by atoms with Crippen LogP contribution in [0.2, 0.25) is 0 Å². The van der Waals surface area contributed by atoms with Crippen LogP contribution in [0.4, 0.5) is 0 Å². The molecule has 0 atom stereocenters. The lowest BCUT2D eigenvalue weighted by Gasteiger charge is -2.10. The summed E-state index contributed by atoms with van der Waals surface area (Å²) in [6.07, 6.45) is 0.814. The Bertz CT molecular complexity index is 1140. The van der Waals surface area contributed by atoms with Gasteiger partial charge < -0.3 is 10.1 Å². The molecule has 6 heteroatoms. The molecule has 4 rings (SSSR count). The van der Waals surface area contributed by atoms with Crippen molar-refractivity contribution in [3.8, 4) is 5.75 Å². The summed E-state index contributed by atoms with van der Waals surface area (Å²) in [5, 5.41) is 4.71. The van der Waals surface area contributed by atoms with Crippen LogP contribution in [0.3, 0.4) is 0 Å². The van der Waals surface area contributed by atoms with E-state index in [0.29, 0.717) is 18.1 Å². The van der Waals surface area contributed by atoms with Crippen molar-refractivity contribution in [1.29, 1.82) is 0 Å². The lowest BCUT2D eigenvalue weighted by atomic mass is 10.1. The normalized spacial score (nSPS) is 10.7. The van der Waals surface area contributed by atoms with Crippen LogP contribution in [-0.2, 0) is 17.8 Å². The number of carbonyl (C=O) groups excluding carboxylic acids is 1. The zero-order valence-electron chi connectivity index (χ0n) is 17.0. The molecule has 0 fully saturated rings. The van der Waals surface area contributed by atoms with Crippen molar-refractivity contribution in [2.24, 2.45) is 0 Å². The van der Waals surface area contributed by atoms with Gasteiger partial charge in [0.15, 0.2) is 5.82 Å². The maximum Gasteiger partial charge on any atom is 0.230 e. The Kier molecular flexibility index (Phi) is 7.13. The maximum absolute atomic E-state index is 12.3. The molecule has 1 heterocycles. The van der Waals surface area contributed by atoms with Crippen molar-refractivity contribution in [2.75, 3.05) is 12.3 Å². The van der Waals surface area contributed by atoms with E-state index in [0.717, 1.165) is 28.1 Å². The Hall–Kier alpha value is -3.38. The molecule has 5 nitrogen and oxygen atoms in total. The van der Waals surface area contributed by atoms with Gasteiger partial charge in [0, 0.05) is 11.9 Å². The number of aromatic nitrogens is 2. The minimum absolute atomic E-state index is 0.00860. The van der Waals surface area contributed by atoms with E-state index < -0.39 is 0 Å². The maximum atomic E-state index is 12.3. The highest BCUT2D eigenvalue weighted by atomic mass is 32.2. The predicted octanol–water partition coefficient (Wildman–Crippen LogP) is 4.66. The van der Waals surface area contributed by atoms with Gasteiger partial charge in [-0.05, 0) is 30.2 Å². The SMILES string of the molecule is O=C(CSc1nc(COc2ccccc2)nc2ccccc12)NCCc1ccccc1. The van der Waals surface area contributed by atoms with Crippen LogP contribution in [0.15, 0.2) is 90.0 Å². The molecular formula is C25H23N3O2S. The minimum atomic E-state index is -0.00860. The first-order chi connectivity index (χ1) is 15.3. The third-order valence-electron chi connectivity index (χ3n) is 4.64. The molecule has 0 saturated heterocycles. The van der Waals surface area contributed by atoms with Gasteiger partial charge in [-0.1, -0.05) is 78.5 Å². The van der Waals surface area contributed by atoms with Gasteiger partial charge in [-0.25, -0.2) is 9.97 Å². The fourth-order valence-corrected chi connectivity index (χ4v) is 3.98. The van der Waals surface area contributed by atoms with Gasteiger partial charge in [0.25, 0.3) is 0 Å². The number of amides is 1. The van der Waals surface area contributed by atoms with E-state index in [9.17, 15) is 4.79 Å². The molecule has 31 heavy (non-hydrogen) atoms. The van der Waals surface area contributed by atoms with Crippen LogP contribution in [0, 0.1) is 0 Å². The molecule has 0 spiro atoms.